The molecule has 2 unspecified atom stereocenters. The van der Waals surface area contributed by atoms with Crippen LogP contribution in [-0.2, 0) is 34.6 Å². The van der Waals surface area contributed by atoms with Gasteiger partial charge in [0.25, 0.3) is 12.0 Å². The van der Waals surface area contributed by atoms with Crippen molar-refractivity contribution < 1.29 is 24.1 Å². The van der Waals surface area contributed by atoms with Crippen LogP contribution in [0.2, 0.25) is 0 Å². The zero-order valence-electron chi connectivity index (χ0n) is 23.2. The minimum Gasteiger partial charge on any atom is -0.463 e. The van der Waals surface area contributed by atoms with E-state index in [1.807, 2.05) is 13.8 Å². The highest BCUT2D eigenvalue weighted by atomic mass is 19.1. The van der Waals surface area contributed by atoms with Crippen molar-refractivity contribution in [3.63, 3.8) is 0 Å². The maximum atomic E-state index is 15.0. The molecule has 1 saturated heterocycles. The van der Waals surface area contributed by atoms with Crippen LogP contribution in [0.1, 0.15) is 80.0 Å². The Hall–Kier alpha value is -3.14. The van der Waals surface area contributed by atoms with Crippen molar-refractivity contribution in [1.82, 2.24) is 14.5 Å². The molecule has 0 radical (unpaired) electrons. The van der Waals surface area contributed by atoms with Gasteiger partial charge in [-0.3, -0.25) is 14.5 Å². The first-order chi connectivity index (χ1) is 18.7. The third kappa shape index (κ3) is 4.10. The number of aliphatic hydroxyl groups is 2. The molecule has 208 valence electrons. The number of hydrogen-bond acceptors (Lipinski definition) is 7. The quantitative estimate of drug-likeness (QED) is 0.373. The average Bonchev–Trinajstić information content (AvgIpc) is 3.52. The van der Waals surface area contributed by atoms with Crippen molar-refractivity contribution in [1.29, 1.82) is 0 Å². The molecule has 2 aliphatic heterocycles. The zero-order chi connectivity index (χ0) is 28.2. The van der Waals surface area contributed by atoms with Gasteiger partial charge in [-0.1, -0.05) is 13.8 Å². The molecular weight excluding hydrogens is 501 g/mol. The Labute approximate surface area is 227 Å². The van der Waals surface area contributed by atoms with Gasteiger partial charge in [0.2, 0.25) is 0 Å². The molecule has 3 aromatic rings. The minimum absolute atomic E-state index is 0.227. The molecule has 3 aliphatic rings. The van der Waals surface area contributed by atoms with Crippen molar-refractivity contribution in [2.45, 2.75) is 84.8 Å². The number of carbonyl (C=O) groups is 1. The van der Waals surface area contributed by atoms with Crippen molar-refractivity contribution in [2.75, 3.05) is 13.1 Å². The summed E-state index contributed by atoms with van der Waals surface area (Å²) in [5, 5.41) is 21.8. The number of hydrogen-bond donors (Lipinski definition) is 2. The van der Waals surface area contributed by atoms with Gasteiger partial charge in [-0.15, -0.1) is 0 Å². The molecule has 8 nitrogen and oxygen atoms in total. The van der Waals surface area contributed by atoms with E-state index in [0.717, 1.165) is 35.0 Å². The van der Waals surface area contributed by atoms with Crippen molar-refractivity contribution >= 4 is 17.4 Å². The number of halogens is 1. The van der Waals surface area contributed by atoms with Crippen molar-refractivity contribution in [2.24, 2.45) is 0 Å². The van der Waals surface area contributed by atoms with Crippen LogP contribution in [0.15, 0.2) is 16.9 Å². The lowest BCUT2D eigenvalue weighted by molar-refractivity contribution is -0.129. The molecule has 2 aromatic heterocycles. The van der Waals surface area contributed by atoms with Crippen LogP contribution in [0.4, 0.5) is 4.39 Å². The van der Waals surface area contributed by atoms with Gasteiger partial charge < -0.3 is 19.5 Å². The van der Waals surface area contributed by atoms with Gasteiger partial charge in [-0.25, -0.2) is 9.37 Å². The Bertz CT molecular complexity index is 1530. The summed E-state index contributed by atoms with van der Waals surface area (Å²) in [5.74, 6) is -0.303. The number of rotatable bonds is 5. The van der Waals surface area contributed by atoms with Crippen LogP contribution in [-0.4, -0.2) is 50.3 Å². The van der Waals surface area contributed by atoms with Crippen LogP contribution in [0, 0.1) is 12.7 Å². The Balaban J connectivity index is 0.00000151. The number of ether oxygens (including phenoxy) is 1. The SMILES string of the molecule is CC.Cc1c(F)cc2nc3c(c4c2c1CC[C@@]4(C)N1CCC(O)C1)Cn1c-3cc(C(C)O)c(COC=O)c1=O. The van der Waals surface area contributed by atoms with Crippen LogP contribution >= 0.6 is 0 Å². The monoisotopic (exact) mass is 537 g/mol. The molecule has 0 bridgehead atoms. The predicted octanol–water partition coefficient (Wildman–Crippen LogP) is 3.85. The summed E-state index contributed by atoms with van der Waals surface area (Å²) >= 11 is 0. The Morgan fingerprint density at radius 1 is 1.31 bits per heavy atom. The smallest absolute Gasteiger partial charge is 0.293 e. The van der Waals surface area contributed by atoms with Crippen LogP contribution in [0.5, 0.6) is 0 Å². The fourth-order valence-corrected chi connectivity index (χ4v) is 6.74. The number of pyridine rings is 2. The molecule has 3 atom stereocenters. The van der Waals surface area contributed by atoms with Crippen LogP contribution < -0.4 is 5.56 Å². The standard InChI is InChI=1S/C28H30FN3O5.C2H6/c1-14-17-4-6-28(3,31-7-5-16(35)10-31)25-19-11-32-23(26(19)30-22(24(17)25)9-21(14)29)8-18(15(2)34)20(27(32)36)12-37-13-33;1-2/h8-9,13,15-16,34-35H,4-7,10-12H2,1-3H3;1-2H3/t15?,16?,28-;/m1./s1. The summed E-state index contributed by atoms with van der Waals surface area (Å²) in [5.41, 5.74) is 5.06. The zero-order valence-corrected chi connectivity index (χ0v) is 23.2. The number of aromatic nitrogens is 2. The molecule has 6 rings (SSSR count). The first-order valence-corrected chi connectivity index (χ1v) is 13.7. The Morgan fingerprint density at radius 2 is 2.05 bits per heavy atom. The molecule has 0 spiro atoms. The van der Waals surface area contributed by atoms with E-state index < -0.39 is 17.7 Å². The van der Waals surface area contributed by atoms with Gasteiger partial charge in [0.1, 0.15) is 12.4 Å². The van der Waals surface area contributed by atoms with Gasteiger partial charge in [0.05, 0.1) is 41.2 Å². The highest BCUT2D eigenvalue weighted by Gasteiger charge is 2.45. The molecule has 1 aliphatic carbocycles. The summed E-state index contributed by atoms with van der Waals surface area (Å²) in [6.45, 7) is 11.2. The molecule has 4 heterocycles. The molecule has 2 N–H and O–H groups in total. The highest BCUT2D eigenvalue weighted by molar-refractivity contribution is 5.93. The number of β-amino-alcohol motifs (C(OH)–C–C–N with tert-alkyl or cyclic N) is 1. The fraction of sp³-hybridized carbons (Fsp3) is 0.500. The molecular formula is C30H36FN3O5. The summed E-state index contributed by atoms with van der Waals surface area (Å²) in [6, 6.07) is 3.21. The van der Waals surface area contributed by atoms with E-state index in [1.54, 1.807) is 24.5 Å². The lowest BCUT2D eigenvalue weighted by atomic mass is 9.73. The number of benzene rings is 1. The van der Waals surface area contributed by atoms with E-state index in [0.29, 0.717) is 47.4 Å². The van der Waals surface area contributed by atoms with Crippen molar-refractivity contribution in [3.05, 3.63) is 61.7 Å². The molecule has 0 saturated carbocycles. The number of likely N-dealkylation sites (tertiary alicyclic amines) is 1. The third-order valence-corrected chi connectivity index (χ3v) is 8.70. The van der Waals surface area contributed by atoms with Gasteiger partial charge in [-0.05, 0) is 68.4 Å². The maximum Gasteiger partial charge on any atom is 0.293 e. The lowest BCUT2D eigenvalue weighted by Crippen LogP contribution is -2.45. The normalized spacial score (nSPS) is 22.2. The minimum atomic E-state index is -0.963. The van der Waals surface area contributed by atoms with Gasteiger partial charge in [-0.2, -0.15) is 0 Å². The average molecular weight is 538 g/mol. The van der Waals surface area contributed by atoms with Crippen molar-refractivity contribution in [3.8, 4) is 11.4 Å². The van der Waals surface area contributed by atoms with Crippen LogP contribution in [0.25, 0.3) is 22.3 Å². The summed E-state index contributed by atoms with van der Waals surface area (Å²) in [6.07, 6.45) is 0.787. The van der Waals surface area contributed by atoms with E-state index in [-0.39, 0.29) is 36.6 Å². The molecule has 0 amide bonds. The first kappa shape index (κ1) is 27.4. The van der Waals surface area contributed by atoms with E-state index >= 15 is 4.39 Å². The second-order valence-corrected chi connectivity index (χ2v) is 10.8. The van der Waals surface area contributed by atoms with Gasteiger partial charge >= 0.3 is 0 Å². The van der Waals surface area contributed by atoms with Gasteiger partial charge in [0, 0.05) is 35.6 Å². The lowest BCUT2D eigenvalue weighted by Gasteiger charge is -2.44. The van der Waals surface area contributed by atoms with E-state index in [4.69, 9.17) is 9.72 Å². The summed E-state index contributed by atoms with van der Waals surface area (Å²) in [4.78, 5) is 31.7. The Kier molecular flexibility index (Phi) is 7.11. The molecule has 1 aromatic carbocycles. The van der Waals surface area contributed by atoms with Crippen LogP contribution in [0.3, 0.4) is 0 Å². The molecule has 39 heavy (non-hydrogen) atoms. The number of aryl methyl sites for hydroxylation is 1. The largest absolute Gasteiger partial charge is 0.463 e. The van der Waals surface area contributed by atoms with E-state index in [1.165, 1.54) is 6.07 Å². The predicted molar refractivity (Wildman–Crippen MR) is 146 cm³/mol. The number of carbonyl (C=O) groups excluding carboxylic acids is 1. The maximum absolute atomic E-state index is 15.0. The second-order valence-electron chi connectivity index (χ2n) is 10.8. The highest BCUT2D eigenvalue weighted by Crippen LogP contribution is 2.50. The Morgan fingerprint density at radius 3 is 2.69 bits per heavy atom. The topological polar surface area (TPSA) is 105 Å². The van der Waals surface area contributed by atoms with E-state index in [2.05, 4.69) is 11.8 Å². The molecule has 1 fully saturated rings. The number of aliphatic hydroxyl groups excluding tert-OH is 2. The number of nitrogens with zero attached hydrogens (tertiary/aromatic N) is 3. The molecule has 9 heteroatoms. The summed E-state index contributed by atoms with van der Waals surface area (Å²) < 4.78 is 21.6. The fourth-order valence-electron chi connectivity index (χ4n) is 6.74. The summed E-state index contributed by atoms with van der Waals surface area (Å²) in [7, 11) is 0. The second kappa shape index (κ2) is 10.1. The van der Waals surface area contributed by atoms with Gasteiger partial charge in [0.15, 0.2) is 0 Å². The third-order valence-electron chi connectivity index (χ3n) is 8.70. The first-order valence-electron chi connectivity index (χ1n) is 13.7. The van der Waals surface area contributed by atoms with E-state index in [9.17, 15) is 19.8 Å². The number of fused-ring (bicyclic) bond motifs is 4.